The van der Waals surface area contributed by atoms with Crippen molar-refractivity contribution in [2.75, 3.05) is 0 Å². The molecule has 3 aromatic carbocycles. The highest BCUT2D eigenvalue weighted by Crippen LogP contribution is 2.30. The molecule has 0 bridgehead atoms. The molecule has 0 aliphatic heterocycles. The summed E-state index contributed by atoms with van der Waals surface area (Å²) in [5.74, 6) is -0.669. The van der Waals surface area contributed by atoms with E-state index in [1.165, 1.54) is 4.68 Å². The Labute approximate surface area is 193 Å². The monoisotopic (exact) mass is 488 g/mol. The number of esters is 1. The number of rotatable bonds is 6. The number of sulfone groups is 1. The lowest BCUT2D eigenvalue weighted by Crippen LogP contribution is -2.23. The Kier molecular flexibility index (Phi) is 6.18. The van der Waals surface area contributed by atoms with Gasteiger partial charge in [-0.15, -0.1) is 0 Å². The van der Waals surface area contributed by atoms with Crippen LogP contribution in [0.2, 0.25) is 0 Å². The number of hydrogen-bond donors (Lipinski definition) is 0. The first kappa shape index (κ1) is 23.5. The molecule has 4 rings (SSSR count). The van der Waals surface area contributed by atoms with Gasteiger partial charge >= 0.3 is 11.5 Å². The molecule has 0 amide bonds. The van der Waals surface area contributed by atoms with Gasteiger partial charge in [0.15, 0.2) is 0 Å². The van der Waals surface area contributed by atoms with E-state index in [4.69, 9.17) is 4.74 Å². The summed E-state index contributed by atoms with van der Waals surface area (Å²) < 4.78 is 68.0. The minimum atomic E-state index is -5.50. The van der Waals surface area contributed by atoms with Crippen molar-refractivity contribution in [3.8, 4) is 5.88 Å². The van der Waals surface area contributed by atoms with Crippen molar-refractivity contribution < 1.29 is 31.1 Å². The van der Waals surface area contributed by atoms with E-state index < -0.39 is 26.2 Å². The summed E-state index contributed by atoms with van der Waals surface area (Å²) in [6.45, 7) is 2.16. The van der Waals surface area contributed by atoms with E-state index in [2.05, 4.69) is 5.10 Å². The first-order valence-electron chi connectivity index (χ1n) is 10.2. The number of carbonyl (C=O) groups excluding carboxylic acids is 1. The molecule has 0 N–H and O–H groups in total. The smallest absolute Gasteiger partial charge is 0.404 e. The molecule has 0 unspecified atom stereocenters. The van der Waals surface area contributed by atoms with Gasteiger partial charge in [0, 0.05) is 12.6 Å². The van der Waals surface area contributed by atoms with E-state index in [0.717, 1.165) is 40.6 Å². The van der Waals surface area contributed by atoms with Gasteiger partial charge < -0.3 is 4.74 Å². The number of halogens is 3. The number of hydrogen-bond acceptors (Lipinski definition) is 5. The first-order valence-corrected chi connectivity index (χ1v) is 11.7. The van der Waals surface area contributed by atoms with Crippen LogP contribution in [0.4, 0.5) is 13.2 Å². The third-order valence-electron chi connectivity index (χ3n) is 5.24. The van der Waals surface area contributed by atoms with Gasteiger partial charge in [-0.25, -0.2) is 17.9 Å². The summed E-state index contributed by atoms with van der Waals surface area (Å²) >= 11 is 0. The fourth-order valence-electron chi connectivity index (χ4n) is 3.56. The summed E-state index contributed by atoms with van der Waals surface area (Å²) in [5, 5.41) is 6.58. The minimum Gasteiger partial charge on any atom is -0.404 e. The van der Waals surface area contributed by atoms with Crippen LogP contribution in [0.3, 0.4) is 0 Å². The van der Waals surface area contributed by atoms with Crippen LogP contribution in [-0.2, 0) is 22.8 Å². The third kappa shape index (κ3) is 4.67. The van der Waals surface area contributed by atoms with Gasteiger partial charge in [0.1, 0.15) is 0 Å². The molecule has 6 nitrogen and oxygen atoms in total. The molecule has 4 aromatic rings. The number of ether oxygens (including phenoxy) is 1. The van der Waals surface area contributed by atoms with Crippen LogP contribution >= 0.6 is 0 Å². The molecule has 10 heteroatoms. The Balaban J connectivity index is 1.50. The van der Waals surface area contributed by atoms with Crippen LogP contribution in [0, 0.1) is 6.92 Å². The van der Waals surface area contributed by atoms with Gasteiger partial charge in [0.25, 0.3) is 9.84 Å². The zero-order chi connectivity index (χ0) is 24.5. The Morgan fingerprint density at radius 2 is 1.68 bits per heavy atom. The van der Waals surface area contributed by atoms with Crippen LogP contribution in [0.25, 0.3) is 10.8 Å². The maximum atomic E-state index is 12.7. The van der Waals surface area contributed by atoms with Crippen LogP contribution in [0.15, 0.2) is 77.7 Å². The maximum absolute atomic E-state index is 12.7. The maximum Gasteiger partial charge on any atom is 0.501 e. The number of nitrogens with zero attached hydrogens (tertiary/aromatic N) is 2. The highest BCUT2D eigenvalue weighted by atomic mass is 32.2. The van der Waals surface area contributed by atoms with Gasteiger partial charge in [0.2, 0.25) is 5.88 Å². The molecule has 176 valence electrons. The van der Waals surface area contributed by atoms with Crippen molar-refractivity contribution >= 4 is 26.6 Å². The molecule has 0 saturated carbocycles. The highest BCUT2D eigenvalue weighted by molar-refractivity contribution is 7.92. The van der Waals surface area contributed by atoms with Gasteiger partial charge in [-0.3, -0.25) is 0 Å². The highest BCUT2D eigenvalue weighted by Gasteiger charge is 2.46. The van der Waals surface area contributed by atoms with E-state index in [-0.39, 0.29) is 11.4 Å². The van der Waals surface area contributed by atoms with Crippen molar-refractivity contribution in [3.05, 3.63) is 89.6 Å². The summed E-state index contributed by atoms with van der Waals surface area (Å²) in [6, 6.07) is 19.0. The first-order chi connectivity index (χ1) is 16.1. The minimum absolute atomic E-state index is 0.0967. The standard InChI is InChI=1S/C24H19F3N2O4S/c1-16-15-22(29(28-16)14-13-18-7-4-6-17-5-2-3-8-21(17)18)33-23(30)19-9-11-20(12-10-19)34(31,32)24(25,26)27/h2-12,15H,13-14H2,1H3. The van der Waals surface area contributed by atoms with Crippen molar-refractivity contribution in [2.45, 2.75) is 30.3 Å². The largest absolute Gasteiger partial charge is 0.501 e. The van der Waals surface area contributed by atoms with E-state index >= 15 is 0 Å². The molecule has 1 heterocycles. The predicted octanol–water partition coefficient (Wildman–Crippen LogP) is 5.10. The van der Waals surface area contributed by atoms with Crippen molar-refractivity contribution in [2.24, 2.45) is 0 Å². The molecule has 0 aliphatic rings. The number of alkyl halides is 3. The second-order valence-corrected chi connectivity index (χ2v) is 9.54. The number of fused-ring (bicyclic) bond motifs is 1. The Hall–Kier alpha value is -3.66. The second kappa shape index (κ2) is 8.94. The molecule has 0 fully saturated rings. The lowest BCUT2D eigenvalue weighted by atomic mass is 10.0. The molecule has 0 aliphatic carbocycles. The van der Waals surface area contributed by atoms with Gasteiger partial charge in [-0.2, -0.15) is 18.3 Å². The quantitative estimate of drug-likeness (QED) is 0.353. The molecular weight excluding hydrogens is 469 g/mol. The van der Waals surface area contributed by atoms with Crippen LogP contribution in [0.5, 0.6) is 5.88 Å². The number of carbonyl (C=O) groups is 1. The molecule has 0 radical (unpaired) electrons. The Bertz CT molecular complexity index is 1450. The Morgan fingerprint density at radius 1 is 1.00 bits per heavy atom. The lowest BCUT2D eigenvalue weighted by Gasteiger charge is -2.10. The average molecular weight is 488 g/mol. The average Bonchev–Trinajstić information content (AvgIpc) is 3.15. The zero-order valence-electron chi connectivity index (χ0n) is 17.9. The SMILES string of the molecule is Cc1cc(OC(=O)c2ccc(S(=O)(=O)C(F)(F)F)cc2)n(CCc2cccc3ccccc23)n1. The zero-order valence-corrected chi connectivity index (χ0v) is 18.7. The van der Waals surface area contributed by atoms with Crippen molar-refractivity contribution in [1.82, 2.24) is 9.78 Å². The fraction of sp³-hybridized carbons (Fsp3) is 0.167. The van der Waals surface area contributed by atoms with Crippen LogP contribution < -0.4 is 4.74 Å². The number of benzene rings is 3. The van der Waals surface area contributed by atoms with E-state index in [9.17, 15) is 26.4 Å². The normalized spacial score (nSPS) is 12.1. The van der Waals surface area contributed by atoms with Crippen molar-refractivity contribution in [1.29, 1.82) is 0 Å². The molecular formula is C24H19F3N2O4S. The summed E-state index contributed by atoms with van der Waals surface area (Å²) in [6.07, 6.45) is 0.622. The molecule has 0 atom stereocenters. The Morgan fingerprint density at radius 3 is 2.38 bits per heavy atom. The number of aryl methyl sites for hydroxylation is 3. The number of aromatic nitrogens is 2. The van der Waals surface area contributed by atoms with Crippen LogP contribution in [0.1, 0.15) is 21.6 Å². The van der Waals surface area contributed by atoms with E-state index in [0.29, 0.717) is 18.7 Å². The van der Waals surface area contributed by atoms with Crippen LogP contribution in [-0.4, -0.2) is 29.7 Å². The third-order valence-corrected chi connectivity index (χ3v) is 6.74. The summed E-state index contributed by atoms with van der Waals surface area (Å²) in [4.78, 5) is 11.6. The molecule has 0 spiro atoms. The predicted molar refractivity (Wildman–Crippen MR) is 119 cm³/mol. The molecule has 1 aromatic heterocycles. The second-order valence-electron chi connectivity index (χ2n) is 7.60. The van der Waals surface area contributed by atoms with Gasteiger partial charge in [-0.1, -0.05) is 42.5 Å². The summed E-state index contributed by atoms with van der Waals surface area (Å²) in [5.41, 5.74) is -3.80. The van der Waals surface area contributed by atoms with Crippen molar-refractivity contribution in [3.63, 3.8) is 0 Å². The molecule has 34 heavy (non-hydrogen) atoms. The van der Waals surface area contributed by atoms with Gasteiger partial charge in [-0.05, 0) is 53.9 Å². The molecule has 0 saturated heterocycles. The van der Waals surface area contributed by atoms with Gasteiger partial charge in [0.05, 0.1) is 16.2 Å². The lowest BCUT2D eigenvalue weighted by molar-refractivity contribution is -0.0436. The topological polar surface area (TPSA) is 78.3 Å². The fourth-order valence-corrected chi connectivity index (χ4v) is 4.32. The van der Waals surface area contributed by atoms with E-state index in [1.54, 1.807) is 13.0 Å². The summed E-state index contributed by atoms with van der Waals surface area (Å²) in [7, 11) is -5.50. The van der Waals surface area contributed by atoms with E-state index in [1.807, 2.05) is 42.5 Å².